The largest absolute Gasteiger partial charge is 0.465 e. The first-order chi connectivity index (χ1) is 5.59. The number of pyridine rings is 1. The maximum atomic E-state index is 10.2. The number of amides is 1. The normalized spacial score (nSPS) is 9.42. The number of nitrogen functional groups attached to an aromatic ring is 1. The highest BCUT2D eigenvalue weighted by molar-refractivity contribution is 6.29. The number of anilines is 2. The highest BCUT2D eigenvalue weighted by atomic mass is 35.5. The van der Waals surface area contributed by atoms with Gasteiger partial charge in [-0.1, -0.05) is 11.6 Å². The summed E-state index contributed by atoms with van der Waals surface area (Å²) in [5.74, 6) is 0.0509. The third-order valence-corrected chi connectivity index (χ3v) is 1.33. The molecule has 0 radical (unpaired) electrons. The summed E-state index contributed by atoms with van der Waals surface area (Å²) in [5, 5.41) is 10.5. The molecule has 6 heteroatoms. The Labute approximate surface area is 73.2 Å². The molecular weight excluding hydrogens is 182 g/mol. The second-order valence-corrected chi connectivity index (χ2v) is 2.39. The lowest BCUT2D eigenvalue weighted by Gasteiger charge is -2.02. The lowest BCUT2D eigenvalue weighted by atomic mass is 10.4. The van der Waals surface area contributed by atoms with E-state index >= 15 is 0 Å². The Kier molecular flexibility index (Phi) is 2.35. The summed E-state index contributed by atoms with van der Waals surface area (Å²) >= 11 is 5.50. The minimum absolute atomic E-state index is 0.0509. The van der Waals surface area contributed by atoms with Crippen LogP contribution in [0.5, 0.6) is 0 Å². The second kappa shape index (κ2) is 3.27. The summed E-state index contributed by atoms with van der Waals surface area (Å²) in [6, 6.07) is 2.95. The van der Waals surface area contributed by atoms with Crippen LogP contribution in [0.3, 0.4) is 0 Å². The molecule has 0 fully saturated rings. The number of halogens is 1. The van der Waals surface area contributed by atoms with Crippen molar-refractivity contribution in [1.29, 1.82) is 0 Å². The van der Waals surface area contributed by atoms with E-state index in [1.807, 2.05) is 5.32 Å². The predicted octanol–water partition coefficient (Wildman–Crippen LogP) is 1.41. The lowest BCUT2D eigenvalue weighted by Crippen LogP contribution is -2.10. The lowest BCUT2D eigenvalue weighted by molar-refractivity contribution is 0.209. The molecule has 4 N–H and O–H groups in total. The van der Waals surface area contributed by atoms with Crippen molar-refractivity contribution in [3.05, 3.63) is 17.3 Å². The van der Waals surface area contributed by atoms with Crippen molar-refractivity contribution in [2.45, 2.75) is 0 Å². The highest BCUT2D eigenvalue weighted by Gasteiger charge is 2.04. The van der Waals surface area contributed by atoms with Gasteiger partial charge >= 0.3 is 6.09 Å². The van der Waals surface area contributed by atoms with E-state index in [-0.39, 0.29) is 16.7 Å². The molecule has 5 nitrogen and oxygen atoms in total. The number of nitrogens with two attached hydrogens (primary N) is 1. The van der Waals surface area contributed by atoms with Crippen LogP contribution in [0.1, 0.15) is 0 Å². The van der Waals surface area contributed by atoms with Gasteiger partial charge in [-0.05, 0) is 12.1 Å². The molecule has 0 bridgehead atoms. The maximum absolute atomic E-state index is 10.2. The topological polar surface area (TPSA) is 88.2 Å². The van der Waals surface area contributed by atoms with E-state index in [4.69, 9.17) is 22.4 Å². The summed E-state index contributed by atoms with van der Waals surface area (Å²) < 4.78 is 0. The molecule has 0 saturated heterocycles. The van der Waals surface area contributed by atoms with Gasteiger partial charge in [-0.25, -0.2) is 9.78 Å². The number of rotatable bonds is 1. The molecule has 1 rings (SSSR count). The van der Waals surface area contributed by atoms with Crippen molar-refractivity contribution in [2.24, 2.45) is 0 Å². The van der Waals surface area contributed by atoms with Crippen LogP contribution in [-0.2, 0) is 0 Å². The van der Waals surface area contributed by atoms with Gasteiger partial charge in [0.15, 0.2) is 5.82 Å². The van der Waals surface area contributed by atoms with Gasteiger partial charge in [-0.3, -0.25) is 5.32 Å². The summed E-state index contributed by atoms with van der Waals surface area (Å²) in [4.78, 5) is 13.8. The Morgan fingerprint density at radius 1 is 1.67 bits per heavy atom. The van der Waals surface area contributed by atoms with Gasteiger partial charge in [0.2, 0.25) is 0 Å². The standard InChI is InChI=1S/C6H6ClN3O2/c7-4-2-1-3(8)5(9-4)10-6(11)12/h1-2H,8H2,(H,9,10)(H,11,12). The molecule has 0 spiro atoms. The van der Waals surface area contributed by atoms with Gasteiger partial charge in [0.25, 0.3) is 0 Å². The van der Waals surface area contributed by atoms with Gasteiger partial charge in [-0.15, -0.1) is 0 Å². The van der Waals surface area contributed by atoms with Crippen LogP contribution in [0.4, 0.5) is 16.3 Å². The van der Waals surface area contributed by atoms with Crippen molar-refractivity contribution in [2.75, 3.05) is 11.1 Å². The van der Waals surface area contributed by atoms with E-state index in [9.17, 15) is 4.79 Å². The van der Waals surface area contributed by atoms with Gasteiger partial charge in [-0.2, -0.15) is 0 Å². The van der Waals surface area contributed by atoms with Gasteiger partial charge in [0, 0.05) is 0 Å². The van der Waals surface area contributed by atoms with E-state index in [1.165, 1.54) is 12.1 Å². The summed E-state index contributed by atoms with van der Waals surface area (Å²) in [6.45, 7) is 0. The zero-order chi connectivity index (χ0) is 9.14. The third kappa shape index (κ3) is 2.00. The van der Waals surface area contributed by atoms with Gasteiger partial charge in [0.1, 0.15) is 5.15 Å². The zero-order valence-electron chi connectivity index (χ0n) is 5.91. The second-order valence-electron chi connectivity index (χ2n) is 2.00. The fraction of sp³-hybridized carbons (Fsp3) is 0. The van der Waals surface area contributed by atoms with Crippen LogP contribution < -0.4 is 11.1 Å². The number of hydrogen-bond acceptors (Lipinski definition) is 3. The number of nitrogens with zero attached hydrogens (tertiary/aromatic N) is 1. The van der Waals surface area contributed by atoms with Crippen LogP contribution in [0, 0.1) is 0 Å². The van der Waals surface area contributed by atoms with Crippen molar-refractivity contribution >= 4 is 29.2 Å². The molecule has 64 valence electrons. The quantitative estimate of drug-likeness (QED) is 0.580. The van der Waals surface area contributed by atoms with Crippen LogP contribution in [0.2, 0.25) is 5.15 Å². The van der Waals surface area contributed by atoms with Crippen molar-refractivity contribution in [3.8, 4) is 0 Å². The summed E-state index contributed by atoms with van der Waals surface area (Å²) in [5.41, 5.74) is 5.63. The smallest absolute Gasteiger partial charge is 0.410 e. The molecule has 0 unspecified atom stereocenters. The molecule has 1 amide bonds. The highest BCUT2D eigenvalue weighted by Crippen LogP contribution is 2.17. The minimum Gasteiger partial charge on any atom is -0.465 e. The Morgan fingerprint density at radius 3 is 2.92 bits per heavy atom. The van der Waals surface area contributed by atoms with E-state index in [0.29, 0.717) is 0 Å². The Hall–Kier alpha value is -1.49. The SMILES string of the molecule is Nc1ccc(Cl)nc1NC(=O)O. The number of nitrogens with one attached hydrogen (secondary N) is 1. The predicted molar refractivity (Wildman–Crippen MR) is 45.3 cm³/mol. The van der Waals surface area contributed by atoms with Crippen molar-refractivity contribution in [1.82, 2.24) is 4.98 Å². The number of aromatic nitrogens is 1. The molecular formula is C6H6ClN3O2. The molecule has 1 aromatic rings. The summed E-state index contributed by atoms with van der Waals surface area (Å²) in [7, 11) is 0. The minimum atomic E-state index is -1.23. The van der Waals surface area contributed by atoms with Crippen LogP contribution in [-0.4, -0.2) is 16.2 Å². The van der Waals surface area contributed by atoms with Crippen LogP contribution in [0.25, 0.3) is 0 Å². The molecule has 0 aliphatic heterocycles. The van der Waals surface area contributed by atoms with E-state index in [0.717, 1.165) is 0 Å². The number of hydrogen-bond donors (Lipinski definition) is 3. The number of carbonyl (C=O) groups is 1. The van der Waals surface area contributed by atoms with Crippen LogP contribution in [0.15, 0.2) is 12.1 Å². The zero-order valence-corrected chi connectivity index (χ0v) is 6.67. The average molecular weight is 188 g/mol. The van der Waals surface area contributed by atoms with Crippen LogP contribution >= 0.6 is 11.6 Å². The van der Waals surface area contributed by atoms with E-state index in [2.05, 4.69) is 4.98 Å². The summed E-state index contributed by atoms with van der Waals surface area (Å²) in [6.07, 6.45) is -1.23. The molecule has 0 aliphatic carbocycles. The fourth-order valence-corrected chi connectivity index (χ4v) is 0.795. The first-order valence-corrected chi connectivity index (χ1v) is 3.39. The van der Waals surface area contributed by atoms with Gasteiger partial charge < -0.3 is 10.8 Å². The molecule has 0 saturated carbocycles. The molecule has 1 heterocycles. The van der Waals surface area contributed by atoms with E-state index < -0.39 is 6.09 Å². The third-order valence-electron chi connectivity index (χ3n) is 1.12. The average Bonchev–Trinajstić information content (AvgIpc) is 1.96. The monoisotopic (exact) mass is 187 g/mol. The fourth-order valence-electron chi connectivity index (χ4n) is 0.648. The number of carboxylic acid groups (broad SMARTS) is 1. The maximum Gasteiger partial charge on any atom is 0.410 e. The Morgan fingerprint density at radius 2 is 2.33 bits per heavy atom. The molecule has 0 atom stereocenters. The Balaban J connectivity index is 2.97. The Bertz CT molecular complexity index is 316. The van der Waals surface area contributed by atoms with Gasteiger partial charge in [0.05, 0.1) is 5.69 Å². The molecule has 0 aromatic carbocycles. The molecule has 1 aromatic heterocycles. The first kappa shape index (κ1) is 8.61. The van der Waals surface area contributed by atoms with Crippen molar-refractivity contribution < 1.29 is 9.90 Å². The molecule has 0 aliphatic rings. The van der Waals surface area contributed by atoms with E-state index in [1.54, 1.807) is 0 Å². The van der Waals surface area contributed by atoms with Crippen molar-refractivity contribution in [3.63, 3.8) is 0 Å². The first-order valence-electron chi connectivity index (χ1n) is 3.01. The molecule has 12 heavy (non-hydrogen) atoms.